The minimum atomic E-state index is 0.678. The zero-order chi connectivity index (χ0) is 18.2. The Balaban J connectivity index is 1.37. The number of methoxy groups -OCH3 is 1. The summed E-state index contributed by atoms with van der Waals surface area (Å²) >= 11 is 0. The number of aromatic nitrogens is 3. The standard InChI is InChI=1S/C21H25N5O/c1-27-17-4-2-15(3-5-17)12-16-13-25(14-16)21-18-6-9-22-10-7-19(18)24-20-8-11-23-26(20)21/h2-5,8,11,16,22H,6-7,9-10,12-14H2,1H3. The maximum atomic E-state index is 5.26. The number of anilines is 1. The maximum Gasteiger partial charge on any atom is 0.157 e. The Hall–Kier alpha value is -2.60. The van der Waals surface area contributed by atoms with Crippen LogP contribution in [0.25, 0.3) is 5.65 Å². The number of rotatable bonds is 4. The molecule has 2 aromatic heterocycles. The van der Waals surface area contributed by atoms with E-state index in [0.29, 0.717) is 5.92 Å². The molecule has 0 unspecified atom stereocenters. The summed E-state index contributed by atoms with van der Waals surface area (Å²) in [6.45, 7) is 4.16. The fourth-order valence-corrected chi connectivity index (χ4v) is 4.31. The monoisotopic (exact) mass is 363 g/mol. The highest BCUT2D eigenvalue weighted by molar-refractivity contribution is 5.59. The van der Waals surface area contributed by atoms with E-state index in [-0.39, 0.29) is 0 Å². The summed E-state index contributed by atoms with van der Waals surface area (Å²) < 4.78 is 7.29. The molecular formula is C21H25N5O. The molecule has 5 rings (SSSR count). The summed E-state index contributed by atoms with van der Waals surface area (Å²) in [5, 5.41) is 8.06. The summed E-state index contributed by atoms with van der Waals surface area (Å²) in [5.74, 6) is 2.86. The summed E-state index contributed by atoms with van der Waals surface area (Å²) in [4.78, 5) is 7.35. The van der Waals surface area contributed by atoms with Gasteiger partial charge in [0.2, 0.25) is 0 Å². The minimum Gasteiger partial charge on any atom is -0.497 e. The fraction of sp³-hybridized carbons (Fsp3) is 0.429. The van der Waals surface area contributed by atoms with Crippen LogP contribution in [0, 0.1) is 5.92 Å². The zero-order valence-electron chi connectivity index (χ0n) is 15.7. The Morgan fingerprint density at radius 2 is 1.93 bits per heavy atom. The highest BCUT2D eigenvalue weighted by Gasteiger charge is 2.32. The average molecular weight is 363 g/mol. The van der Waals surface area contributed by atoms with Crippen molar-refractivity contribution in [1.29, 1.82) is 0 Å². The summed E-state index contributed by atoms with van der Waals surface area (Å²) in [6, 6.07) is 10.5. The maximum absolute atomic E-state index is 5.26. The van der Waals surface area contributed by atoms with Crippen molar-refractivity contribution in [2.75, 3.05) is 38.2 Å². The molecule has 3 aromatic rings. The molecule has 2 aliphatic heterocycles. The third-order valence-electron chi connectivity index (χ3n) is 5.72. The molecule has 1 N–H and O–H groups in total. The van der Waals surface area contributed by atoms with Gasteiger partial charge in [0.15, 0.2) is 5.65 Å². The van der Waals surface area contributed by atoms with Crippen LogP contribution in [0.2, 0.25) is 0 Å². The lowest BCUT2D eigenvalue weighted by Gasteiger charge is -2.42. The average Bonchev–Trinajstić information content (AvgIpc) is 3.00. The molecule has 140 valence electrons. The van der Waals surface area contributed by atoms with E-state index in [9.17, 15) is 0 Å². The quantitative estimate of drug-likeness (QED) is 0.769. The van der Waals surface area contributed by atoms with Crippen molar-refractivity contribution in [2.45, 2.75) is 19.3 Å². The van der Waals surface area contributed by atoms with Crippen molar-refractivity contribution in [2.24, 2.45) is 5.92 Å². The molecule has 0 bridgehead atoms. The SMILES string of the molecule is COc1ccc(CC2CN(c3c4c(nc5ccnn35)CCNCC4)C2)cc1. The van der Waals surface area contributed by atoms with Crippen LogP contribution in [0.4, 0.5) is 5.82 Å². The first kappa shape index (κ1) is 16.6. The molecule has 0 amide bonds. The third kappa shape index (κ3) is 3.04. The van der Waals surface area contributed by atoms with E-state index in [1.165, 1.54) is 22.6 Å². The van der Waals surface area contributed by atoms with Gasteiger partial charge in [-0.15, -0.1) is 0 Å². The van der Waals surface area contributed by atoms with Gasteiger partial charge in [-0.1, -0.05) is 12.1 Å². The van der Waals surface area contributed by atoms with Crippen molar-refractivity contribution in [3.05, 3.63) is 53.3 Å². The highest BCUT2D eigenvalue weighted by atomic mass is 16.5. The number of fused-ring (bicyclic) bond motifs is 2. The van der Waals surface area contributed by atoms with Gasteiger partial charge in [-0.3, -0.25) is 0 Å². The van der Waals surface area contributed by atoms with Crippen LogP contribution in [-0.2, 0) is 19.3 Å². The Bertz CT molecular complexity index is 943. The largest absolute Gasteiger partial charge is 0.497 e. The first-order valence-corrected chi connectivity index (χ1v) is 9.76. The van der Waals surface area contributed by atoms with Gasteiger partial charge in [-0.05, 0) is 43.0 Å². The first-order chi connectivity index (χ1) is 13.3. The summed E-state index contributed by atoms with van der Waals surface area (Å²) in [6.07, 6.45) is 4.98. The van der Waals surface area contributed by atoms with Crippen LogP contribution in [0.5, 0.6) is 5.75 Å². The Morgan fingerprint density at radius 3 is 2.74 bits per heavy atom. The van der Waals surface area contributed by atoms with E-state index in [1.54, 1.807) is 7.11 Å². The van der Waals surface area contributed by atoms with Crippen LogP contribution in [0.3, 0.4) is 0 Å². The van der Waals surface area contributed by atoms with Crippen LogP contribution < -0.4 is 15.0 Å². The molecule has 0 saturated carbocycles. The van der Waals surface area contributed by atoms with Gasteiger partial charge in [-0.2, -0.15) is 9.61 Å². The lowest BCUT2D eigenvalue weighted by Crippen LogP contribution is -2.49. The van der Waals surface area contributed by atoms with E-state index in [4.69, 9.17) is 9.72 Å². The molecule has 0 atom stereocenters. The predicted molar refractivity (Wildman–Crippen MR) is 106 cm³/mol. The number of ether oxygens (including phenoxy) is 1. The Morgan fingerprint density at radius 1 is 1.11 bits per heavy atom. The Labute approximate surface area is 159 Å². The van der Waals surface area contributed by atoms with E-state index < -0.39 is 0 Å². The van der Waals surface area contributed by atoms with Gasteiger partial charge in [0.1, 0.15) is 11.6 Å². The van der Waals surface area contributed by atoms with Crippen LogP contribution in [0.1, 0.15) is 16.8 Å². The molecular weight excluding hydrogens is 338 g/mol. The smallest absolute Gasteiger partial charge is 0.157 e. The second kappa shape index (κ2) is 6.85. The molecule has 2 aliphatic rings. The van der Waals surface area contributed by atoms with Crippen molar-refractivity contribution in [3.63, 3.8) is 0 Å². The lowest BCUT2D eigenvalue weighted by atomic mass is 9.91. The molecule has 0 radical (unpaired) electrons. The van der Waals surface area contributed by atoms with E-state index in [1.807, 2.05) is 16.8 Å². The van der Waals surface area contributed by atoms with Gasteiger partial charge in [-0.25, -0.2) is 4.98 Å². The normalized spacial score (nSPS) is 17.4. The number of hydrogen-bond donors (Lipinski definition) is 1. The second-order valence-electron chi connectivity index (χ2n) is 7.54. The third-order valence-corrected chi connectivity index (χ3v) is 5.72. The van der Waals surface area contributed by atoms with Gasteiger partial charge in [0.25, 0.3) is 0 Å². The van der Waals surface area contributed by atoms with Crippen molar-refractivity contribution >= 4 is 11.5 Å². The molecule has 27 heavy (non-hydrogen) atoms. The molecule has 6 nitrogen and oxygen atoms in total. The fourth-order valence-electron chi connectivity index (χ4n) is 4.31. The van der Waals surface area contributed by atoms with Gasteiger partial charge < -0.3 is 15.0 Å². The second-order valence-corrected chi connectivity index (χ2v) is 7.54. The van der Waals surface area contributed by atoms with Gasteiger partial charge >= 0.3 is 0 Å². The Kier molecular flexibility index (Phi) is 4.20. The number of benzene rings is 1. The van der Waals surface area contributed by atoms with Crippen LogP contribution in [-0.4, -0.2) is 47.9 Å². The molecule has 1 fully saturated rings. The predicted octanol–water partition coefficient (Wildman–Crippen LogP) is 2.10. The minimum absolute atomic E-state index is 0.678. The summed E-state index contributed by atoms with van der Waals surface area (Å²) in [5.41, 5.74) is 4.95. The number of nitrogens with one attached hydrogen (secondary N) is 1. The van der Waals surface area contributed by atoms with Gasteiger partial charge in [0, 0.05) is 37.7 Å². The van der Waals surface area contributed by atoms with Crippen molar-refractivity contribution in [1.82, 2.24) is 19.9 Å². The molecule has 1 saturated heterocycles. The van der Waals surface area contributed by atoms with Crippen molar-refractivity contribution in [3.8, 4) is 5.75 Å². The van der Waals surface area contributed by atoms with Crippen LogP contribution in [0.15, 0.2) is 36.5 Å². The molecule has 0 spiro atoms. The number of hydrogen-bond acceptors (Lipinski definition) is 5. The summed E-state index contributed by atoms with van der Waals surface area (Å²) in [7, 11) is 1.71. The van der Waals surface area contributed by atoms with Crippen molar-refractivity contribution < 1.29 is 4.74 Å². The molecule has 0 aliphatic carbocycles. The first-order valence-electron chi connectivity index (χ1n) is 9.76. The highest BCUT2D eigenvalue weighted by Crippen LogP contribution is 2.32. The van der Waals surface area contributed by atoms with E-state index in [2.05, 4.69) is 39.6 Å². The number of nitrogens with zero attached hydrogens (tertiary/aromatic N) is 4. The molecule has 6 heteroatoms. The van der Waals surface area contributed by atoms with Crippen LogP contribution >= 0.6 is 0 Å². The topological polar surface area (TPSA) is 54.7 Å². The van der Waals surface area contributed by atoms with Gasteiger partial charge in [0.05, 0.1) is 19.0 Å². The molecule has 1 aromatic carbocycles. The molecule has 4 heterocycles. The van der Waals surface area contributed by atoms with E-state index >= 15 is 0 Å². The lowest BCUT2D eigenvalue weighted by molar-refractivity contribution is 0.399. The zero-order valence-corrected chi connectivity index (χ0v) is 15.7. The van der Waals surface area contributed by atoms with E-state index in [0.717, 1.165) is 56.8 Å².